The van der Waals surface area contributed by atoms with Gasteiger partial charge in [0.1, 0.15) is 5.75 Å². The zero-order chi connectivity index (χ0) is 19.8. The summed E-state index contributed by atoms with van der Waals surface area (Å²) < 4.78 is 22.4. The van der Waals surface area contributed by atoms with Gasteiger partial charge in [0.25, 0.3) is 0 Å². The number of amides is 1. The van der Waals surface area contributed by atoms with Crippen molar-refractivity contribution in [2.75, 3.05) is 33.6 Å². The molecule has 29 heavy (non-hydrogen) atoms. The van der Waals surface area contributed by atoms with Crippen molar-refractivity contribution in [1.29, 1.82) is 0 Å². The van der Waals surface area contributed by atoms with Crippen molar-refractivity contribution < 1.29 is 23.7 Å². The van der Waals surface area contributed by atoms with Gasteiger partial charge in [-0.05, 0) is 60.2 Å². The summed E-state index contributed by atoms with van der Waals surface area (Å²) >= 11 is 0. The molecule has 2 aromatic rings. The van der Waals surface area contributed by atoms with Crippen LogP contribution in [0, 0.1) is 0 Å². The molecule has 0 saturated carbocycles. The van der Waals surface area contributed by atoms with Crippen LogP contribution in [0.15, 0.2) is 36.4 Å². The van der Waals surface area contributed by atoms with Crippen molar-refractivity contribution in [3.63, 3.8) is 0 Å². The number of nitrogens with zero attached hydrogens (tertiary/aromatic N) is 1. The predicted molar refractivity (Wildman–Crippen MR) is 106 cm³/mol. The zero-order valence-corrected chi connectivity index (χ0v) is 16.6. The number of carbonyl (C=O) groups excluding carboxylic acids is 1. The number of fused-ring (bicyclic) bond motifs is 3. The summed E-state index contributed by atoms with van der Waals surface area (Å²) in [5, 5.41) is 0. The van der Waals surface area contributed by atoms with E-state index in [1.807, 2.05) is 29.2 Å². The molecule has 1 spiro atoms. The lowest BCUT2D eigenvalue weighted by atomic mass is 9.79. The summed E-state index contributed by atoms with van der Waals surface area (Å²) in [6, 6.07) is 12.0. The Morgan fingerprint density at radius 3 is 2.76 bits per heavy atom. The second kappa shape index (κ2) is 7.26. The highest BCUT2D eigenvalue weighted by Crippen LogP contribution is 2.42. The Balaban J connectivity index is 1.27. The highest BCUT2D eigenvalue weighted by atomic mass is 16.7. The van der Waals surface area contributed by atoms with E-state index in [0.717, 1.165) is 42.1 Å². The van der Waals surface area contributed by atoms with E-state index < -0.39 is 0 Å². The van der Waals surface area contributed by atoms with E-state index in [-0.39, 0.29) is 18.3 Å². The van der Waals surface area contributed by atoms with E-state index in [2.05, 4.69) is 12.1 Å². The molecule has 0 radical (unpaired) electrons. The number of likely N-dealkylation sites (tertiary alicyclic amines) is 1. The summed E-state index contributed by atoms with van der Waals surface area (Å²) in [5.41, 5.74) is 3.23. The van der Waals surface area contributed by atoms with Crippen molar-refractivity contribution >= 4 is 5.91 Å². The van der Waals surface area contributed by atoms with Gasteiger partial charge in [0.2, 0.25) is 12.7 Å². The second-order valence-corrected chi connectivity index (χ2v) is 7.86. The monoisotopic (exact) mass is 395 g/mol. The molecule has 0 bridgehead atoms. The van der Waals surface area contributed by atoms with Gasteiger partial charge in [-0.2, -0.15) is 0 Å². The molecule has 0 atom stereocenters. The molecule has 3 aliphatic rings. The second-order valence-electron chi connectivity index (χ2n) is 7.86. The fourth-order valence-electron chi connectivity index (χ4n) is 4.65. The van der Waals surface area contributed by atoms with Crippen LogP contribution in [0.3, 0.4) is 0 Å². The van der Waals surface area contributed by atoms with Gasteiger partial charge in [-0.15, -0.1) is 0 Å². The molecular formula is C23H25NO5. The number of hydrogen-bond donors (Lipinski definition) is 0. The SMILES string of the molecule is COc1ccc2c(c1)CCOC21CCN(C(=O)Cc2ccc3c(c2)OCO3)CC1. The van der Waals surface area contributed by atoms with E-state index in [1.165, 1.54) is 11.1 Å². The lowest BCUT2D eigenvalue weighted by Crippen LogP contribution is -2.48. The average molecular weight is 395 g/mol. The zero-order valence-electron chi connectivity index (χ0n) is 16.6. The largest absolute Gasteiger partial charge is 0.497 e. The van der Waals surface area contributed by atoms with E-state index in [9.17, 15) is 4.79 Å². The lowest BCUT2D eigenvalue weighted by molar-refractivity contribution is -0.140. The van der Waals surface area contributed by atoms with Gasteiger partial charge in [0.05, 0.1) is 25.7 Å². The van der Waals surface area contributed by atoms with Crippen molar-refractivity contribution in [3.05, 3.63) is 53.1 Å². The van der Waals surface area contributed by atoms with Crippen molar-refractivity contribution in [1.82, 2.24) is 4.90 Å². The first-order valence-electron chi connectivity index (χ1n) is 10.1. The summed E-state index contributed by atoms with van der Waals surface area (Å²) in [6.45, 7) is 2.36. The summed E-state index contributed by atoms with van der Waals surface area (Å²) in [5.74, 6) is 2.49. The molecule has 3 heterocycles. The number of benzene rings is 2. The van der Waals surface area contributed by atoms with Crippen LogP contribution in [0.1, 0.15) is 29.5 Å². The van der Waals surface area contributed by atoms with Crippen molar-refractivity contribution in [3.8, 4) is 17.2 Å². The third-order valence-corrected chi connectivity index (χ3v) is 6.27. The molecule has 5 rings (SSSR count). The van der Waals surface area contributed by atoms with Crippen LogP contribution >= 0.6 is 0 Å². The first-order valence-corrected chi connectivity index (χ1v) is 10.1. The van der Waals surface area contributed by atoms with Gasteiger partial charge >= 0.3 is 0 Å². The summed E-state index contributed by atoms with van der Waals surface area (Å²) in [7, 11) is 1.70. The fraction of sp³-hybridized carbons (Fsp3) is 0.435. The molecule has 1 saturated heterocycles. The lowest BCUT2D eigenvalue weighted by Gasteiger charge is -2.45. The number of rotatable bonds is 3. The normalized spacial score (nSPS) is 19.1. The van der Waals surface area contributed by atoms with Crippen LogP contribution in [0.5, 0.6) is 17.2 Å². The average Bonchev–Trinajstić information content (AvgIpc) is 3.22. The minimum absolute atomic E-state index is 0.143. The number of piperidine rings is 1. The van der Waals surface area contributed by atoms with Gasteiger partial charge in [0.15, 0.2) is 11.5 Å². The highest BCUT2D eigenvalue weighted by molar-refractivity contribution is 5.79. The summed E-state index contributed by atoms with van der Waals surface area (Å²) in [6.07, 6.45) is 2.91. The first kappa shape index (κ1) is 18.3. The molecule has 6 heteroatoms. The predicted octanol–water partition coefficient (Wildman–Crippen LogP) is 3.06. The molecule has 1 amide bonds. The Morgan fingerprint density at radius 1 is 1.10 bits per heavy atom. The maximum atomic E-state index is 12.9. The topological polar surface area (TPSA) is 57.2 Å². The maximum absolute atomic E-state index is 12.9. The minimum atomic E-state index is -0.282. The van der Waals surface area contributed by atoms with Crippen molar-refractivity contribution in [2.24, 2.45) is 0 Å². The molecule has 3 aliphatic heterocycles. The molecule has 0 aromatic heterocycles. The number of ether oxygens (including phenoxy) is 4. The van der Waals surface area contributed by atoms with Crippen LogP contribution < -0.4 is 14.2 Å². The molecule has 152 valence electrons. The first-order chi connectivity index (χ1) is 14.2. The number of hydrogen-bond acceptors (Lipinski definition) is 5. The van der Waals surface area contributed by atoms with Crippen LogP contribution in [0.25, 0.3) is 0 Å². The molecule has 0 unspecified atom stereocenters. The van der Waals surface area contributed by atoms with E-state index in [4.69, 9.17) is 18.9 Å². The quantitative estimate of drug-likeness (QED) is 0.800. The third kappa shape index (κ3) is 3.31. The Morgan fingerprint density at radius 2 is 1.93 bits per heavy atom. The fourth-order valence-corrected chi connectivity index (χ4v) is 4.65. The van der Waals surface area contributed by atoms with E-state index in [0.29, 0.717) is 26.1 Å². The third-order valence-electron chi connectivity index (χ3n) is 6.27. The van der Waals surface area contributed by atoms with Crippen LogP contribution in [0.2, 0.25) is 0 Å². The molecule has 2 aromatic carbocycles. The molecule has 1 fully saturated rings. The van der Waals surface area contributed by atoms with E-state index in [1.54, 1.807) is 7.11 Å². The van der Waals surface area contributed by atoms with Crippen LogP contribution in [0.4, 0.5) is 0 Å². The molecule has 6 nitrogen and oxygen atoms in total. The van der Waals surface area contributed by atoms with Crippen LogP contribution in [-0.2, 0) is 28.0 Å². The standard InChI is InChI=1S/C23H25NO5/c1-26-18-3-4-19-17(14-18)6-11-29-23(19)7-9-24(10-8-23)22(25)13-16-2-5-20-21(12-16)28-15-27-20/h2-5,12,14H,6-11,13,15H2,1H3. The maximum Gasteiger partial charge on any atom is 0.231 e. The smallest absolute Gasteiger partial charge is 0.231 e. The molecule has 0 aliphatic carbocycles. The van der Waals surface area contributed by atoms with Gasteiger partial charge in [-0.3, -0.25) is 4.79 Å². The van der Waals surface area contributed by atoms with Gasteiger partial charge in [0, 0.05) is 13.1 Å². The van der Waals surface area contributed by atoms with Gasteiger partial charge in [-0.25, -0.2) is 0 Å². The van der Waals surface area contributed by atoms with Gasteiger partial charge in [-0.1, -0.05) is 12.1 Å². The molecule has 0 N–H and O–H groups in total. The molecular weight excluding hydrogens is 370 g/mol. The Bertz CT molecular complexity index is 933. The van der Waals surface area contributed by atoms with Gasteiger partial charge < -0.3 is 23.8 Å². The van der Waals surface area contributed by atoms with E-state index >= 15 is 0 Å². The van der Waals surface area contributed by atoms with Crippen molar-refractivity contribution in [2.45, 2.75) is 31.3 Å². The summed E-state index contributed by atoms with van der Waals surface area (Å²) in [4.78, 5) is 14.8. The highest BCUT2D eigenvalue weighted by Gasteiger charge is 2.41. The Kier molecular flexibility index (Phi) is 4.59. The Labute approximate surface area is 170 Å². The van der Waals surface area contributed by atoms with Crippen LogP contribution in [-0.4, -0.2) is 44.4 Å². The number of methoxy groups -OCH3 is 1. The minimum Gasteiger partial charge on any atom is -0.497 e. The Hall–Kier alpha value is -2.73. The number of carbonyl (C=O) groups is 1.